The molecule has 36 heavy (non-hydrogen) atoms. The molecule has 182 valence electrons. The van der Waals surface area contributed by atoms with E-state index in [1.165, 1.54) is 36.4 Å². The number of hydrogen-bond acceptors (Lipinski definition) is 7. The van der Waals surface area contributed by atoms with Crippen LogP contribution in [0, 0.1) is 17.0 Å². The van der Waals surface area contributed by atoms with Crippen molar-refractivity contribution in [2.75, 3.05) is 18.5 Å². The molecule has 1 aromatic heterocycles. The number of non-ortho nitro benzene ring substituents is 1. The Balaban J connectivity index is 1.23. The first kappa shape index (κ1) is 24.2. The molecule has 0 radical (unpaired) electrons. The van der Waals surface area contributed by atoms with Crippen molar-refractivity contribution >= 4 is 34.3 Å². The van der Waals surface area contributed by atoms with E-state index in [1.54, 1.807) is 36.4 Å². The Hall–Kier alpha value is -4.92. The van der Waals surface area contributed by atoms with Crippen LogP contribution in [0.1, 0.15) is 11.1 Å². The van der Waals surface area contributed by atoms with Gasteiger partial charge in [0.15, 0.2) is 0 Å². The van der Waals surface area contributed by atoms with Gasteiger partial charge in [0.2, 0.25) is 5.91 Å². The van der Waals surface area contributed by atoms with Gasteiger partial charge >= 0.3 is 5.63 Å². The largest absolute Gasteiger partial charge is 0.490 e. The molecule has 1 amide bonds. The molecule has 3 aromatic carbocycles. The van der Waals surface area contributed by atoms with Crippen molar-refractivity contribution in [3.63, 3.8) is 0 Å². The minimum atomic E-state index is -0.501. The highest BCUT2D eigenvalue weighted by molar-refractivity contribution is 6.01. The zero-order valence-electron chi connectivity index (χ0n) is 19.3. The van der Waals surface area contributed by atoms with Crippen LogP contribution in [0.4, 0.5) is 11.4 Å². The minimum Gasteiger partial charge on any atom is -0.490 e. The van der Waals surface area contributed by atoms with Gasteiger partial charge in [0.05, 0.1) is 4.92 Å². The third kappa shape index (κ3) is 6.35. The Bertz CT molecular complexity index is 1470. The van der Waals surface area contributed by atoms with Crippen molar-refractivity contribution in [3.8, 4) is 11.5 Å². The molecule has 9 heteroatoms. The Morgan fingerprint density at radius 2 is 1.64 bits per heavy atom. The third-order valence-electron chi connectivity index (χ3n) is 5.20. The summed E-state index contributed by atoms with van der Waals surface area (Å²) in [7, 11) is 0. The molecule has 0 aliphatic rings. The van der Waals surface area contributed by atoms with E-state index in [0.717, 1.165) is 16.5 Å². The van der Waals surface area contributed by atoms with Crippen LogP contribution in [0.5, 0.6) is 11.5 Å². The normalized spacial score (nSPS) is 10.9. The van der Waals surface area contributed by atoms with Crippen molar-refractivity contribution in [1.29, 1.82) is 0 Å². The number of hydrogen-bond donors (Lipinski definition) is 1. The smallest absolute Gasteiger partial charge is 0.336 e. The van der Waals surface area contributed by atoms with Crippen LogP contribution in [0.2, 0.25) is 0 Å². The number of nitrogens with one attached hydrogen (secondary N) is 1. The summed E-state index contributed by atoms with van der Waals surface area (Å²) in [6.07, 6.45) is 3.02. The highest BCUT2D eigenvalue weighted by Crippen LogP contribution is 2.22. The summed E-state index contributed by atoms with van der Waals surface area (Å²) in [5, 5.41) is 14.2. The van der Waals surface area contributed by atoms with Crippen molar-refractivity contribution in [2.24, 2.45) is 0 Å². The summed E-state index contributed by atoms with van der Waals surface area (Å²) in [4.78, 5) is 33.8. The Morgan fingerprint density at radius 3 is 2.33 bits per heavy atom. The molecule has 1 N–H and O–H groups in total. The molecule has 4 rings (SSSR count). The average molecular weight is 486 g/mol. The third-order valence-corrected chi connectivity index (χ3v) is 5.20. The van der Waals surface area contributed by atoms with Gasteiger partial charge in [-0.1, -0.05) is 12.1 Å². The fourth-order valence-electron chi connectivity index (χ4n) is 3.41. The number of fused-ring (bicyclic) bond motifs is 1. The Kier molecular flexibility index (Phi) is 7.40. The van der Waals surface area contributed by atoms with Crippen LogP contribution in [0.25, 0.3) is 17.0 Å². The summed E-state index contributed by atoms with van der Waals surface area (Å²) in [6, 6.07) is 19.6. The molecule has 9 nitrogen and oxygen atoms in total. The van der Waals surface area contributed by atoms with Gasteiger partial charge < -0.3 is 19.2 Å². The fourth-order valence-corrected chi connectivity index (χ4v) is 3.41. The minimum absolute atomic E-state index is 0.0453. The lowest BCUT2D eigenvalue weighted by Crippen LogP contribution is -2.09. The fraction of sp³-hybridized carbons (Fsp3) is 0.111. The van der Waals surface area contributed by atoms with E-state index in [2.05, 4.69) is 5.32 Å². The topological polar surface area (TPSA) is 121 Å². The molecule has 0 spiro atoms. The first-order chi connectivity index (χ1) is 17.4. The highest BCUT2D eigenvalue weighted by atomic mass is 16.6. The standard InChI is InChI=1S/C27H22N2O7/c1-18-16-27(31)36-25-17-23(11-12-24(18)25)35-15-14-34-22-9-2-19(3-10-22)4-13-26(30)28-20-5-7-21(8-6-20)29(32)33/h2-13,16-17H,14-15H2,1H3,(H,28,30)/b13-4+. The van der Waals surface area contributed by atoms with Crippen molar-refractivity contribution < 1.29 is 23.6 Å². The van der Waals surface area contributed by atoms with Gasteiger partial charge in [-0.2, -0.15) is 0 Å². The molecule has 0 saturated carbocycles. The maximum Gasteiger partial charge on any atom is 0.336 e. The molecule has 1 heterocycles. The molecule has 0 fully saturated rings. The molecular weight excluding hydrogens is 464 g/mol. The van der Waals surface area contributed by atoms with Crippen LogP contribution in [0.15, 0.2) is 88.1 Å². The number of nitro groups is 1. The lowest BCUT2D eigenvalue weighted by atomic mass is 10.1. The van der Waals surface area contributed by atoms with Gasteiger partial charge in [-0.05, 0) is 60.5 Å². The number of benzene rings is 3. The summed E-state index contributed by atoms with van der Waals surface area (Å²) < 4.78 is 16.6. The number of aryl methyl sites for hydroxylation is 1. The predicted molar refractivity (Wildman–Crippen MR) is 135 cm³/mol. The molecule has 0 bridgehead atoms. The van der Waals surface area contributed by atoms with Crippen LogP contribution in [-0.2, 0) is 4.79 Å². The van der Waals surface area contributed by atoms with Crippen LogP contribution >= 0.6 is 0 Å². The first-order valence-corrected chi connectivity index (χ1v) is 11.0. The lowest BCUT2D eigenvalue weighted by Gasteiger charge is -2.09. The van der Waals surface area contributed by atoms with Crippen molar-refractivity contribution in [3.05, 3.63) is 111 Å². The molecule has 0 aliphatic carbocycles. The van der Waals surface area contributed by atoms with Gasteiger partial charge in [0.25, 0.3) is 5.69 Å². The average Bonchev–Trinajstić information content (AvgIpc) is 2.86. The van der Waals surface area contributed by atoms with Crippen molar-refractivity contribution in [1.82, 2.24) is 0 Å². The second kappa shape index (κ2) is 11.0. The number of ether oxygens (including phenoxy) is 2. The van der Waals surface area contributed by atoms with Crippen LogP contribution in [-0.4, -0.2) is 24.0 Å². The number of carbonyl (C=O) groups is 1. The number of rotatable bonds is 9. The van der Waals surface area contributed by atoms with Gasteiger partial charge in [-0.3, -0.25) is 14.9 Å². The van der Waals surface area contributed by atoms with E-state index in [0.29, 0.717) is 36.0 Å². The highest BCUT2D eigenvalue weighted by Gasteiger charge is 2.06. The Morgan fingerprint density at radius 1 is 0.972 bits per heavy atom. The van der Waals surface area contributed by atoms with E-state index in [-0.39, 0.29) is 11.6 Å². The molecule has 0 unspecified atom stereocenters. The maximum atomic E-state index is 12.1. The van der Waals surface area contributed by atoms with E-state index in [4.69, 9.17) is 13.9 Å². The predicted octanol–water partition coefficient (Wildman–Crippen LogP) is 5.12. The first-order valence-electron chi connectivity index (χ1n) is 11.0. The van der Waals surface area contributed by atoms with Gasteiger partial charge in [0.1, 0.15) is 30.3 Å². The van der Waals surface area contributed by atoms with E-state index in [9.17, 15) is 19.7 Å². The zero-order valence-corrected chi connectivity index (χ0v) is 19.3. The second-order valence-corrected chi connectivity index (χ2v) is 7.80. The number of nitro benzene ring substituents is 1. The molecule has 0 atom stereocenters. The summed E-state index contributed by atoms with van der Waals surface area (Å²) in [6.45, 7) is 2.46. The SMILES string of the molecule is Cc1cc(=O)oc2cc(OCCOc3ccc(/C=C/C(=O)Nc4ccc([N+](=O)[O-])cc4)cc3)ccc12. The zero-order chi connectivity index (χ0) is 25.5. The number of anilines is 1. The van der Waals surface area contributed by atoms with E-state index < -0.39 is 10.5 Å². The molecular formula is C27H22N2O7. The van der Waals surface area contributed by atoms with Gasteiger partial charge in [-0.15, -0.1) is 0 Å². The monoisotopic (exact) mass is 486 g/mol. The number of carbonyl (C=O) groups excluding carboxylic acids is 1. The van der Waals surface area contributed by atoms with Gasteiger partial charge in [-0.25, -0.2) is 4.79 Å². The van der Waals surface area contributed by atoms with E-state index >= 15 is 0 Å². The van der Waals surface area contributed by atoms with E-state index in [1.807, 2.05) is 19.1 Å². The van der Waals surface area contributed by atoms with Gasteiger partial charge in [0, 0.05) is 41.4 Å². The second-order valence-electron chi connectivity index (χ2n) is 7.80. The lowest BCUT2D eigenvalue weighted by molar-refractivity contribution is -0.384. The summed E-state index contributed by atoms with van der Waals surface area (Å²) in [5.41, 5.74) is 2.14. The molecule has 0 saturated heterocycles. The van der Waals surface area contributed by atoms with Crippen LogP contribution in [0.3, 0.4) is 0 Å². The molecule has 4 aromatic rings. The maximum absolute atomic E-state index is 12.1. The van der Waals surface area contributed by atoms with Crippen molar-refractivity contribution in [2.45, 2.75) is 6.92 Å². The number of amides is 1. The summed E-state index contributed by atoms with van der Waals surface area (Å²) in [5.74, 6) is 0.864. The number of nitrogens with zero attached hydrogens (tertiary/aromatic N) is 1. The summed E-state index contributed by atoms with van der Waals surface area (Å²) >= 11 is 0. The van der Waals surface area contributed by atoms with Crippen LogP contribution < -0.4 is 20.4 Å². The Labute approximate surface area is 205 Å². The molecule has 0 aliphatic heterocycles. The quantitative estimate of drug-likeness (QED) is 0.115.